The van der Waals surface area contributed by atoms with Crippen molar-refractivity contribution in [2.45, 2.75) is 5.92 Å². The first-order valence-corrected chi connectivity index (χ1v) is 7.74. The van der Waals surface area contributed by atoms with E-state index < -0.39 is 0 Å². The summed E-state index contributed by atoms with van der Waals surface area (Å²) in [6, 6.07) is 27.3. The van der Waals surface area contributed by atoms with Gasteiger partial charge in [0.2, 0.25) is 0 Å². The van der Waals surface area contributed by atoms with Crippen LogP contribution in [0.25, 0.3) is 0 Å². The van der Waals surface area contributed by atoms with Crippen LogP contribution in [-0.2, 0) is 0 Å². The van der Waals surface area contributed by atoms with Crippen molar-refractivity contribution in [1.29, 1.82) is 0 Å². The molecule has 3 aromatic carbocycles. The molecule has 0 aromatic heterocycles. The molecule has 0 aliphatic rings. The maximum Gasteiger partial charge on any atom is 0.193 e. The van der Waals surface area contributed by atoms with E-state index in [1.807, 2.05) is 72.8 Å². The molecule has 1 unspecified atom stereocenters. The van der Waals surface area contributed by atoms with Crippen molar-refractivity contribution in [2.24, 2.45) is 5.73 Å². The number of benzene rings is 3. The first-order valence-electron chi connectivity index (χ1n) is 7.74. The van der Waals surface area contributed by atoms with E-state index in [1.165, 1.54) is 5.56 Å². The quantitative estimate of drug-likeness (QED) is 0.724. The van der Waals surface area contributed by atoms with E-state index in [-0.39, 0.29) is 11.7 Å². The molecule has 23 heavy (non-hydrogen) atoms. The summed E-state index contributed by atoms with van der Waals surface area (Å²) in [6.07, 6.45) is 0. The first-order chi connectivity index (χ1) is 11.3. The molecular weight excluding hydrogens is 282 g/mol. The number of nitrogens with two attached hydrogens (primary N) is 1. The average Bonchev–Trinajstić information content (AvgIpc) is 2.64. The van der Waals surface area contributed by atoms with Crippen LogP contribution >= 0.6 is 0 Å². The van der Waals surface area contributed by atoms with Crippen LogP contribution in [-0.4, -0.2) is 12.3 Å². The highest BCUT2D eigenvalue weighted by Gasteiger charge is 2.13. The predicted octanol–water partition coefficient (Wildman–Crippen LogP) is 4.01. The van der Waals surface area contributed by atoms with Gasteiger partial charge in [0.25, 0.3) is 0 Å². The zero-order chi connectivity index (χ0) is 16.1. The number of hydrogen-bond acceptors (Lipinski definition) is 2. The summed E-state index contributed by atoms with van der Waals surface area (Å²) in [5, 5.41) is 0. The van der Waals surface area contributed by atoms with E-state index in [2.05, 4.69) is 12.1 Å². The van der Waals surface area contributed by atoms with E-state index in [0.29, 0.717) is 17.7 Å². The lowest BCUT2D eigenvalue weighted by atomic mass is 9.90. The lowest BCUT2D eigenvalue weighted by Gasteiger charge is -2.16. The van der Waals surface area contributed by atoms with E-state index in [0.717, 1.165) is 5.56 Å². The number of carbonyl (C=O) groups is 1. The molecule has 2 N–H and O–H groups in total. The van der Waals surface area contributed by atoms with Gasteiger partial charge in [0, 0.05) is 23.6 Å². The van der Waals surface area contributed by atoms with Crippen molar-refractivity contribution in [2.75, 3.05) is 6.54 Å². The third-order valence-corrected chi connectivity index (χ3v) is 4.05. The molecule has 3 rings (SSSR count). The summed E-state index contributed by atoms with van der Waals surface area (Å²) in [5.41, 5.74) is 9.68. The van der Waals surface area contributed by atoms with Crippen molar-refractivity contribution < 1.29 is 4.79 Å². The summed E-state index contributed by atoms with van der Waals surface area (Å²) < 4.78 is 0. The molecule has 0 radical (unpaired) electrons. The third kappa shape index (κ3) is 3.38. The van der Waals surface area contributed by atoms with Crippen LogP contribution in [0.4, 0.5) is 0 Å². The summed E-state index contributed by atoms with van der Waals surface area (Å²) in [7, 11) is 0. The second-order valence-corrected chi connectivity index (χ2v) is 5.52. The van der Waals surface area contributed by atoms with Gasteiger partial charge in [0.15, 0.2) is 5.78 Å². The van der Waals surface area contributed by atoms with Crippen LogP contribution in [0.5, 0.6) is 0 Å². The Labute approximate surface area is 136 Å². The number of ketones is 1. The molecule has 2 nitrogen and oxygen atoms in total. The Morgan fingerprint density at radius 1 is 0.696 bits per heavy atom. The van der Waals surface area contributed by atoms with Gasteiger partial charge in [0.05, 0.1) is 0 Å². The minimum Gasteiger partial charge on any atom is -0.330 e. The molecule has 0 aliphatic carbocycles. The van der Waals surface area contributed by atoms with Crippen LogP contribution in [0.1, 0.15) is 33.0 Å². The molecule has 0 fully saturated rings. The first kappa shape index (κ1) is 15.2. The zero-order valence-electron chi connectivity index (χ0n) is 12.9. The fourth-order valence-corrected chi connectivity index (χ4v) is 2.77. The van der Waals surface area contributed by atoms with Gasteiger partial charge in [0.1, 0.15) is 0 Å². The fraction of sp³-hybridized carbons (Fsp3) is 0.0952. The highest BCUT2D eigenvalue weighted by Crippen LogP contribution is 2.24. The molecule has 0 saturated heterocycles. The largest absolute Gasteiger partial charge is 0.330 e. The van der Waals surface area contributed by atoms with Crippen LogP contribution in [0.3, 0.4) is 0 Å². The third-order valence-electron chi connectivity index (χ3n) is 4.05. The molecule has 0 amide bonds. The van der Waals surface area contributed by atoms with E-state index in [4.69, 9.17) is 5.73 Å². The number of rotatable bonds is 5. The van der Waals surface area contributed by atoms with Crippen molar-refractivity contribution in [3.63, 3.8) is 0 Å². The highest BCUT2D eigenvalue weighted by molar-refractivity contribution is 6.08. The maximum absolute atomic E-state index is 12.4. The monoisotopic (exact) mass is 301 g/mol. The SMILES string of the molecule is NCC(c1ccccc1)c1ccc(C(=O)c2ccccc2)cc1. The van der Waals surface area contributed by atoms with Gasteiger partial charge in [-0.1, -0.05) is 84.9 Å². The molecule has 2 heteroatoms. The summed E-state index contributed by atoms with van der Waals surface area (Å²) in [5.74, 6) is 0.193. The van der Waals surface area contributed by atoms with Gasteiger partial charge in [-0.2, -0.15) is 0 Å². The average molecular weight is 301 g/mol. The molecule has 0 bridgehead atoms. The van der Waals surface area contributed by atoms with Crippen LogP contribution in [0.15, 0.2) is 84.9 Å². The lowest BCUT2D eigenvalue weighted by Crippen LogP contribution is -2.14. The topological polar surface area (TPSA) is 43.1 Å². The Hall–Kier alpha value is -2.71. The van der Waals surface area contributed by atoms with Crippen molar-refractivity contribution >= 4 is 5.78 Å². The van der Waals surface area contributed by atoms with Gasteiger partial charge in [-0.15, -0.1) is 0 Å². The van der Waals surface area contributed by atoms with Gasteiger partial charge in [-0.3, -0.25) is 4.79 Å². The van der Waals surface area contributed by atoms with E-state index >= 15 is 0 Å². The van der Waals surface area contributed by atoms with Crippen LogP contribution < -0.4 is 5.73 Å². The second-order valence-electron chi connectivity index (χ2n) is 5.52. The van der Waals surface area contributed by atoms with E-state index in [1.54, 1.807) is 0 Å². The van der Waals surface area contributed by atoms with E-state index in [9.17, 15) is 4.79 Å². The molecule has 0 aliphatic heterocycles. The Bertz CT molecular complexity index is 764. The predicted molar refractivity (Wildman–Crippen MR) is 93.7 cm³/mol. The molecule has 114 valence electrons. The summed E-state index contributed by atoms with van der Waals surface area (Å²) in [6.45, 7) is 0.538. The molecule has 3 aromatic rings. The summed E-state index contributed by atoms with van der Waals surface area (Å²) in [4.78, 5) is 12.4. The minimum absolute atomic E-state index is 0.0427. The summed E-state index contributed by atoms with van der Waals surface area (Å²) >= 11 is 0. The normalized spacial score (nSPS) is 11.9. The molecule has 0 spiro atoms. The lowest BCUT2D eigenvalue weighted by molar-refractivity contribution is 0.103. The zero-order valence-corrected chi connectivity index (χ0v) is 12.9. The number of hydrogen-bond donors (Lipinski definition) is 1. The Morgan fingerprint density at radius 3 is 1.74 bits per heavy atom. The molecule has 0 heterocycles. The second kappa shape index (κ2) is 7.03. The van der Waals surface area contributed by atoms with Crippen molar-refractivity contribution in [1.82, 2.24) is 0 Å². The van der Waals surface area contributed by atoms with Crippen LogP contribution in [0.2, 0.25) is 0 Å². The smallest absolute Gasteiger partial charge is 0.193 e. The van der Waals surface area contributed by atoms with Crippen molar-refractivity contribution in [3.05, 3.63) is 107 Å². The van der Waals surface area contributed by atoms with Gasteiger partial charge in [-0.25, -0.2) is 0 Å². The Balaban J connectivity index is 1.86. The fourth-order valence-electron chi connectivity index (χ4n) is 2.77. The molecule has 0 saturated carbocycles. The highest BCUT2D eigenvalue weighted by atomic mass is 16.1. The molecule has 1 atom stereocenters. The van der Waals surface area contributed by atoms with Crippen LogP contribution in [0, 0.1) is 0 Å². The van der Waals surface area contributed by atoms with Gasteiger partial charge in [-0.05, 0) is 11.1 Å². The standard InChI is InChI=1S/C21H19NO/c22-15-20(16-7-3-1-4-8-16)17-11-13-19(14-12-17)21(23)18-9-5-2-6-10-18/h1-14,20H,15,22H2. The molecular formula is C21H19NO. The maximum atomic E-state index is 12.4. The minimum atomic E-state index is 0.0427. The van der Waals surface area contributed by atoms with Crippen molar-refractivity contribution in [3.8, 4) is 0 Å². The van der Waals surface area contributed by atoms with Gasteiger partial charge >= 0.3 is 0 Å². The Morgan fingerprint density at radius 2 is 1.17 bits per heavy atom. The number of carbonyl (C=O) groups excluding carboxylic acids is 1. The van der Waals surface area contributed by atoms with Gasteiger partial charge < -0.3 is 5.73 Å². The Kier molecular flexibility index (Phi) is 4.65.